The van der Waals surface area contributed by atoms with E-state index in [-0.39, 0.29) is 17.8 Å². The molecule has 0 spiro atoms. The summed E-state index contributed by atoms with van der Waals surface area (Å²) < 4.78 is 0. The molecule has 0 unspecified atom stereocenters. The van der Waals surface area contributed by atoms with Crippen LogP contribution < -0.4 is 11.1 Å². The Morgan fingerprint density at radius 1 is 1.31 bits per heavy atom. The summed E-state index contributed by atoms with van der Waals surface area (Å²) in [5, 5.41) is 2.93. The number of aromatic amines is 2. The maximum Gasteiger partial charge on any atom is 0.240 e. The number of aromatic nitrogens is 7. The molecule has 0 aromatic carbocycles. The van der Waals surface area contributed by atoms with Crippen molar-refractivity contribution < 1.29 is 4.79 Å². The highest BCUT2D eigenvalue weighted by molar-refractivity contribution is 8.00. The molecule has 1 atom stereocenters. The molecule has 0 bridgehead atoms. The molecule has 4 aromatic rings. The molecule has 10 nitrogen and oxygen atoms in total. The van der Waals surface area contributed by atoms with Crippen molar-refractivity contribution in [3.05, 3.63) is 24.8 Å². The number of nitrogen functional groups attached to an aromatic ring is 1. The molecule has 0 saturated carbocycles. The number of hydrogen-bond donors (Lipinski definition) is 4. The SMILES string of the molecule is CC[C@@H](Sc1nc(N)nc2nc[nH]c12)C(=O)Nc1ncc2[nH]ccc2n1. The predicted octanol–water partition coefficient (Wildman–Crippen LogP) is 1.72. The van der Waals surface area contributed by atoms with Gasteiger partial charge in [-0.15, -0.1) is 0 Å². The van der Waals surface area contributed by atoms with Crippen molar-refractivity contribution in [1.82, 2.24) is 34.9 Å². The number of nitrogens with one attached hydrogen (secondary N) is 3. The van der Waals surface area contributed by atoms with Gasteiger partial charge in [-0.1, -0.05) is 18.7 Å². The molecule has 1 amide bonds. The van der Waals surface area contributed by atoms with Crippen LogP contribution in [0.3, 0.4) is 0 Å². The van der Waals surface area contributed by atoms with Gasteiger partial charge >= 0.3 is 0 Å². The van der Waals surface area contributed by atoms with Gasteiger partial charge in [0.15, 0.2) is 5.65 Å². The van der Waals surface area contributed by atoms with Crippen molar-refractivity contribution in [3.63, 3.8) is 0 Å². The third-order valence-electron chi connectivity index (χ3n) is 3.72. The van der Waals surface area contributed by atoms with Crippen molar-refractivity contribution in [2.24, 2.45) is 0 Å². The summed E-state index contributed by atoms with van der Waals surface area (Å²) in [5.41, 5.74) is 8.40. The molecule has 0 aliphatic rings. The maximum atomic E-state index is 12.7. The second-order valence-electron chi connectivity index (χ2n) is 5.46. The van der Waals surface area contributed by atoms with Gasteiger partial charge in [-0.05, 0) is 12.5 Å². The van der Waals surface area contributed by atoms with Crippen LogP contribution in [-0.4, -0.2) is 46.0 Å². The first-order valence-electron chi connectivity index (χ1n) is 7.88. The molecule has 0 aliphatic heterocycles. The number of imidazole rings is 1. The second-order valence-corrected chi connectivity index (χ2v) is 6.65. The molecule has 0 fully saturated rings. The number of carbonyl (C=O) groups is 1. The lowest BCUT2D eigenvalue weighted by atomic mass is 10.3. The van der Waals surface area contributed by atoms with Gasteiger partial charge in [0, 0.05) is 6.20 Å². The largest absolute Gasteiger partial charge is 0.368 e. The zero-order valence-corrected chi connectivity index (χ0v) is 14.5. The minimum atomic E-state index is -0.402. The van der Waals surface area contributed by atoms with E-state index in [1.807, 2.05) is 13.0 Å². The summed E-state index contributed by atoms with van der Waals surface area (Å²) in [6.45, 7) is 1.92. The minimum absolute atomic E-state index is 0.114. The standard InChI is InChI=1S/C15H15N9OS/c1-2-9(26-13-10-11(20-6-19-10)22-14(16)24-13)12(25)23-15-18-5-8-7(21-15)3-4-17-8/h3-6,9,17H,2H2,1H3,(H,18,21,23,25)(H3,16,19,20,22,24)/t9-/m1/s1. The van der Waals surface area contributed by atoms with Crippen LogP contribution in [0.4, 0.5) is 11.9 Å². The number of anilines is 2. The third kappa shape index (κ3) is 3.04. The van der Waals surface area contributed by atoms with Gasteiger partial charge in [-0.3, -0.25) is 10.1 Å². The number of carbonyl (C=O) groups excluding carboxylic acids is 1. The molecule has 26 heavy (non-hydrogen) atoms. The fourth-order valence-electron chi connectivity index (χ4n) is 2.46. The predicted molar refractivity (Wildman–Crippen MR) is 98.6 cm³/mol. The Balaban J connectivity index is 1.55. The van der Waals surface area contributed by atoms with Gasteiger partial charge in [0.05, 0.1) is 28.8 Å². The lowest BCUT2D eigenvalue weighted by Crippen LogP contribution is -2.25. The maximum absolute atomic E-state index is 12.7. The van der Waals surface area contributed by atoms with Gasteiger partial charge in [0.1, 0.15) is 10.5 Å². The summed E-state index contributed by atoms with van der Waals surface area (Å²) >= 11 is 1.29. The number of hydrogen-bond acceptors (Lipinski definition) is 8. The number of nitrogens with two attached hydrogens (primary N) is 1. The quantitative estimate of drug-likeness (QED) is 0.306. The highest BCUT2D eigenvalue weighted by atomic mass is 32.2. The lowest BCUT2D eigenvalue weighted by molar-refractivity contribution is -0.115. The zero-order chi connectivity index (χ0) is 18.1. The highest BCUT2D eigenvalue weighted by Crippen LogP contribution is 2.29. The molecular formula is C15H15N9OS. The Kier molecular flexibility index (Phi) is 4.13. The molecule has 5 N–H and O–H groups in total. The molecule has 11 heteroatoms. The molecule has 4 aromatic heterocycles. The first-order chi connectivity index (χ1) is 12.6. The average Bonchev–Trinajstić information content (AvgIpc) is 3.27. The Hall–Kier alpha value is -3.21. The van der Waals surface area contributed by atoms with E-state index in [1.54, 1.807) is 12.4 Å². The van der Waals surface area contributed by atoms with Crippen LogP contribution in [0.2, 0.25) is 0 Å². The molecule has 132 valence electrons. The van der Waals surface area contributed by atoms with Crippen molar-refractivity contribution in [1.29, 1.82) is 0 Å². The zero-order valence-electron chi connectivity index (χ0n) is 13.7. The average molecular weight is 369 g/mol. The van der Waals surface area contributed by atoms with Gasteiger partial charge in [0.25, 0.3) is 0 Å². The van der Waals surface area contributed by atoms with E-state index in [0.717, 1.165) is 11.0 Å². The number of fused-ring (bicyclic) bond motifs is 2. The Bertz CT molecular complexity index is 1090. The number of H-pyrrole nitrogens is 2. The van der Waals surface area contributed by atoms with Crippen molar-refractivity contribution in [2.45, 2.75) is 23.6 Å². The molecule has 4 rings (SSSR count). The van der Waals surface area contributed by atoms with E-state index in [1.165, 1.54) is 18.1 Å². The monoisotopic (exact) mass is 369 g/mol. The Morgan fingerprint density at radius 2 is 2.19 bits per heavy atom. The Morgan fingerprint density at radius 3 is 3.04 bits per heavy atom. The first kappa shape index (κ1) is 16.3. The van der Waals surface area contributed by atoms with E-state index < -0.39 is 5.25 Å². The molecule has 0 saturated heterocycles. The van der Waals surface area contributed by atoms with Crippen LogP contribution >= 0.6 is 11.8 Å². The van der Waals surface area contributed by atoms with Crippen LogP contribution in [-0.2, 0) is 4.79 Å². The van der Waals surface area contributed by atoms with Crippen LogP contribution in [0, 0.1) is 0 Å². The van der Waals surface area contributed by atoms with E-state index in [2.05, 4.69) is 40.2 Å². The van der Waals surface area contributed by atoms with Gasteiger partial charge < -0.3 is 15.7 Å². The fourth-order valence-corrected chi connectivity index (χ4v) is 3.48. The molecular weight excluding hydrogens is 354 g/mol. The van der Waals surface area contributed by atoms with Crippen molar-refractivity contribution in [2.75, 3.05) is 11.1 Å². The van der Waals surface area contributed by atoms with Gasteiger partial charge in [0.2, 0.25) is 17.8 Å². The smallest absolute Gasteiger partial charge is 0.240 e. The summed E-state index contributed by atoms with van der Waals surface area (Å²) in [6.07, 6.45) is 5.50. The van der Waals surface area contributed by atoms with E-state index in [9.17, 15) is 4.79 Å². The number of rotatable bonds is 5. The molecule has 4 heterocycles. The normalized spacial score (nSPS) is 12.5. The first-order valence-corrected chi connectivity index (χ1v) is 8.76. The van der Waals surface area contributed by atoms with E-state index in [4.69, 9.17) is 5.73 Å². The minimum Gasteiger partial charge on any atom is -0.368 e. The third-order valence-corrected chi connectivity index (χ3v) is 5.07. The summed E-state index contributed by atoms with van der Waals surface area (Å²) in [4.78, 5) is 39.5. The number of thioether (sulfide) groups is 1. The lowest BCUT2D eigenvalue weighted by Gasteiger charge is -2.13. The number of amides is 1. The Labute approximate surface area is 151 Å². The highest BCUT2D eigenvalue weighted by Gasteiger charge is 2.22. The fraction of sp³-hybridized carbons (Fsp3) is 0.200. The summed E-state index contributed by atoms with van der Waals surface area (Å²) in [7, 11) is 0. The van der Waals surface area contributed by atoms with Crippen LogP contribution in [0.1, 0.15) is 13.3 Å². The topological polar surface area (TPSA) is 151 Å². The van der Waals surface area contributed by atoms with Gasteiger partial charge in [-0.25, -0.2) is 19.9 Å². The van der Waals surface area contributed by atoms with E-state index in [0.29, 0.717) is 22.6 Å². The molecule has 0 aliphatic carbocycles. The molecule has 0 radical (unpaired) electrons. The van der Waals surface area contributed by atoms with Crippen LogP contribution in [0.15, 0.2) is 29.8 Å². The van der Waals surface area contributed by atoms with Crippen LogP contribution in [0.5, 0.6) is 0 Å². The van der Waals surface area contributed by atoms with Crippen molar-refractivity contribution in [3.8, 4) is 0 Å². The second kappa shape index (κ2) is 6.59. The summed E-state index contributed by atoms with van der Waals surface area (Å²) in [5.74, 6) is 0.163. The van der Waals surface area contributed by atoms with Crippen molar-refractivity contribution >= 4 is 51.8 Å². The van der Waals surface area contributed by atoms with Crippen LogP contribution in [0.25, 0.3) is 22.2 Å². The summed E-state index contributed by atoms with van der Waals surface area (Å²) in [6, 6.07) is 1.82. The van der Waals surface area contributed by atoms with E-state index >= 15 is 0 Å². The number of nitrogens with zero attached hydrogens (tertiary/aromatic N) is 5. The van der Waals surface area contributed by atoms with Gasteiger partial charge in [-0.2, -0.15) is 4.98 Å².